The molecule has 2 aliphatic rings. The Hall–Kier alpha value is -5.80. The van der Waals surface area contributed by atoms with Gasteiger partial charge in [-0.25, -0.2) is 0 Å². The summed E-state index contributed by atoms with van der Waals surface area (Å²) < 4.78 is 99.6. The minimum Gasteiger partial charge on any atom is -0.311 e. The fraction of sp³-hybridized carbons (Fsp3) is 0.263. The van der Waals surface area contributed by atoms with Crippen molar-refractivity contribution < 1.29 is 15.1 Å². The highest BCUT2D eigenvalue weighted by molar-refractivity contribution is 7.00. The van der Waals surface area contributed by atoms with Gasteiger partial charge in [-0.1, -0.05) is 178 Å². The van der Waals surface area contributed by atoms with Crippen molar-refractivity contribution in [1.29, 1.82) is 0 Å². The molecule has 7 aromatic rings. The van der Waals surface area contributed by atoms with Gasteiger partial charge < -0.3 is 9.80 Å². The van der Waals surface area contributed by atoms with Crippen molar-refractivity contribution in [2.45, 2.75) is 97.8 Å². The van der Waals surface area contributed by atoms with Crippen LogP contribution in [0.25, 0.3) is 0 Å². The standard InChI is InChI=1S/C57H59BN2/c1-38-34-51-53-52(35-38)60(46-30-24-42(25-31-46)56(8,9)40-18-14-12-15-19-40)50-33-27-44(57(10,11)41-20-16-13-17-21-41)37-48(50)58(53)47-36-43(55(5,6)7)26-32-49(47)59(51)45-28-22-39(23-29-45)54(2,3)4/h12-37H,1-11H3/i12D,13D,14D,15D,16D,17D,28D,29D,30D,31D,32D. The third-order valence-corrected chi connectivity index (χ3v) is 12.8. The first kappa shape index (κ1) is 28.6. The van der Waals surface area contributed by atoms with Gasteiger partial charge in [0.2, 0.25) is 0 Å². The molecule has 2 aliphatic heterocycles. The van der Waals surface area contributed by atoms with Crippen LogP contribution in [0, 0.1) is 6.92 Å². The number of hydrogen-bond acceptors (Lipinski definition) is 2. The average Bonchev–Trinajstić information content (AvgIpc) is 3.26. The van der Waals surface area contributed by atoms with E-state index in [1.54, 1.807) is 36.4 Å². The van der Waals surface area contributed by atoms with Crippen LogP contribution < -0.4 is 26.2 Å². The number of rotatable bonds is 6. The minimum absolute atomic E-state index is 0.0399. The lowest BCUT2D eigenvalue weighted by Crippen LogP contribution is -2.61. The Morgan fingerprint density at radius 3 is 1.33 bits per heavy atom. The van der Waals surface area contributed by atoms with E-state index in [1.165, 1.54) is 0 Å². The zero-order valence-electron chi connectivity index (χ0n) is 47.6. The van der Waals surface area contributed by atoms with Crippen LogP contribution in [0.2, 0.25) is 0 Å². The second-order valence-electron chi connectivity index (χ2n) is 19.6. The highest BCUT2D eigenvalue weighted by atomic mass is 15.2. The van der Waals surface area contributed by atoms with Gasteiger partial charge in [0.25, 0.3) is 6.71 Å². The Bertz CT molecular complexity index is 3310. The normalized spacial score (nSPS) is 16.4. The lowest BCUT2D eigenvalue weighted by Gasteiger charge is -2.45. The van der Waals surface area contributed by atoms with Crippen molar-refractivity contribution in [3.05, 3.63) is 196 Å². The van der Waals surface area contributed by atoms with Crippen molar-refractivity contribution in [3.63, 3.8) is 0 Å². The smallest absolute Gasteiger partial charge is 0.252 e. The second kappa shape index (κ2) is 14.2. The molecule has 9 rings (SSSR count). The van der Waals surface area contributed by atoms with Crippen LogP contribution in [0.5, 0.6) is 0 Å². The molecule has 0 aromatic heterocycles. The van der Waals surface area contributed by atoms with Gasteiger partial charge in [-0.15, -0.1) is 0 Å². The summed E-state index contributed by atoms with van der Waals surface area (Å²) in [5.74, 6) is 0. The van der Waals surface area contributed by atoms with E-state index in [9.17, 15) is 6.85 Å². The van der Waals surface area contributed by atoms with E-state index in [1.807, 2.05) is 80.8 Å². The van der Waals surface area contributed by atoms with Crippen LogP contribution in [-0.4, -0.2) is 6.71 Å². The van der Waals surface area contributed by atoms with Gasteiger partial charge in [0.05, 0.1) is 15.1 Å². The van der Waals surface area contributed by atoms with E-state index >= 15 is 0 Å². The van der Waals surface area contributed by atoms with Crippen LogP contribution in [0.15, 0.2) is 157 Å². The van der Waals surface area contributed by atoms with Crippen molar-refractivity contribution in [2.24, 2.45) is 0 Å². The third kappa shape index (κ3) is 6.58. The van der Waals surface area contributed by atoms with E-state index in [0.717, 1.165) is 38.6 Å². The summed E-state index contributed by atoms with van der Waals surface area (Å²) in [6.45, 7) is 21.9. The van der Waals surface area contributed by atoms with E-state index in [4.69, 9.17) is 8.22 Å². The van der Waals surface area contributed by atoms with Gasteiger partial charge in [-0.3, -0.25) is 0 Å². The third-order valence-electron chi connectivity index (χ3n) is 12.8. The molecule has 2 nitrogen and oxygen atoms in total. The molecule has 0 spiro atoms. The lowest BCUT2D eigenvalue weighted by molar-refractivity contribution is 0.590. The number of hydrogen-bond donors (Lipinski definition) is 0. The molecule has 7 aromatic carbocycles. The molecule has 0 aliphatic carbocycles. The van der Waals surface area contributed by atoms with Gasteiger partial charge in [-0.05, 0) is 121 Å². The molecule has 0 fully saturated rings. The molecule has 0 saturated carbocycles. The largest absolute Gasteiger partial charge is 0.311 e. The maximum Gasteiger partial charge on any atom is 0.252 e. The quantitative estimate of drug-likeness (QED) is 0.155. The van der Waals surface area contributed by atoms with Crippen molar-refractivity contribution in [1.82, 2.24) is 0 Å². The van der Waals surface area contributed by atoms with E-state index < -0.39 is 17.5 Å². The number of benzene rings is 7. The fourth-order valence-electron chi connectivity index (χ4n) is 8.84. The lowest BCUT2D eigenvalue weighted by atomic mass is 9.33. The van der Waals surface area contributed by atoms with Gasteiger partial charge >= 0.3 is 0 Å². The van der Waals surface area contributed by atoms with Gasteiger partial charge in [0.1, 0.15) is 0 Å². The Morgan fingerprint density at radius 2 is 0.817 bits per heavy atom. The Kier molecular flexibility index (Phi) is 6.76. The topological polar surface area (TPSA) is 6.48 Å². The van der Waals surface area contributed by atoms with Crippen LogP contribution in [-0.2, 0) is 21.7 Å². The molecule has 0 saturated heterocycles. The maximum absolute atomic E-state index is 9.95. The predicted octanol–water partition coefficient (Wildman–Crippen LogP) is 13.3. The number of fused-ring (bicyclic) bond motifs is 4. The summed E-state index contributed by atoms with van der Waals surface area (Å²) >= 11 is 0. The fourth-order valence-corrected chi connectivity index (χ4v) is 8.84. The van der Waals surface area contributed by atoms with Crippen LogP contribution in [0.3, 0.4) is 0 Å². The van der Waals surface area contributed by atoms with E-state index in [-0.39, 0.29) is 77.3 Å². The molecule has 0 atom stereocenters. The van der Waals surface area contributed by atoms with Crippen molar-refractivity contribution >= 4 is 57.2 Å². The average molecular weight is 794 g/mol. The molecule has 0 bridgehead atoms. The summed E-state index contributed by atoms with van der Waals surface area (Å²) in [4.78, 5) is 3.91. The highest BCUT2D eigenvalue weighted by Crippen LogP contribution is 2.46. The second-order valence-corrected chi connectivity index (χ2v) is 19.6. The highest BCUT2D eigenvalue weighted by Gasteiger charge is 2.44. The molecule has 60 heavy (non-hydrogen) atoms. The van der Waals surface area contributed by atoms with Crippen molar-refractivity contribution in [2.75, 3.05) is 9.80 Å². The maximum atomic E-state index is 9.95. The molecular formula is C57H59BN2. The SMILES string of the molecule is [2H]c1cc(C(C)(C)c2cc([2H])c(N3c4ccc(C(C)(C)c5cc([2H])c([2H])c([2H])c5)cc4B4c5cc(C(C)(C)C)cc([2H])c5N(c5c([2H])cc(C(C)(C)C)cc5[2H])c5cc(C)cc3c54)c([2H])c2)cc([2H])c1[2H]. The first-order chi connectivity index (χ1) is 32.9. The summed E-state index contributed by atoms with van der Waals surface area (Å²) in [5.41, 5.74) is 8.90. The number of nitrogens with zero attached hydrogens (tertiary/aromatic N) is 2. The van der Waals surface area contributed by atoms with Crippen molar-refractivity contribution in [3.8, 4) is 0 Å². The molecule has 2 heterocycles. The molecule has 300 valence electrons. The monoisotopic (exact) mass is 794 g/mol. The molecule has 3 heteroatoms. The first-order valence-electron chi connectivity index (χ1n) is 26.4. The van der Waals surface area contributed by atoms with Gasteiger partial charge in [-0.2, -0.15) is 0 Å². The van der Waals surface area contributed by atoms with Crippen LogP contribution in [0.1, 0.15) is 123 Å². The summed E-state index contributed by atoms with van der Waals surface area (Å²) in [6, 6.07) is 28.1. The Labute approximate surface area is 375 Å². The summed E-state index contributed by atoms with van der Waals surface area (Å²) in [5, 5.41) is 0. The van der Waals surface area contributed by atoms with Gasteiger partial charge in [0, 0.05) is 45.0 Å². The zero-order valence-corrected chi connectivity index (χ0v) is 36.6. The van der Waals surface area contributed by atoms with E-state index in [2.05, 4.69) is 59.7 Å². The summed E-state index contributed by atoms with van der Waals surface area (Å²) in [6.07, 6.45) is 0. The van der Waals surface area contributed by atoms with E-state index in [0.29, 0.717) is 50.8 Å². The van der Waals surface area contributed by atoms with Gasteiger partial charge in [0.15, 0.2) is 0 Å². The Balaban J connectivity index is 1.38. The molecule has 0 amide bonds. The van der Waals surface area contributed by atoms with Crippen LogP contribution in [0.4, 0.5) is 34.1 Å². The molecule has 0 unspecified atom stereocenters. The minimum atomic E-state index is -0.847. The molecule has 0 N–H and O–H groups in total. The number of anilines is 6. The summed E-state index contributed by atoms with van der Waals surface area (Å²) in [7, 11) is 0. The first-order valence-corrected chi connectivity index (χ1v) is 20.9. The Morgan fingerprint density at radius 1 is 0.400 bits per heavy atom. The van der Waals surface area contributed by atoms with Crippen LogP contribution >= 0.6 is 0 Å². The molecule has 0 radical (unpaired) electrons. The number of aryl methyl sites for hydroxylation is 1. The molecular weight excluding hydrogens is 723 g/mol. The predicted molar refractivity (Wildman–Crippen MR) is 260 cm³/mol. The zero-order chi connectivity index (χ0) is 51.9.